The van der Waals surface area contributed by atoms with Gasteiger partial charge in [-0.2, -0.15) is 5.10 Å². The van der Waals surface area contributed by atoms with Crippen molar-refractivity contribution in [2.45, 2.75) is 6.92 Å². The van der Waals surface area contributed by atoms with E-state index in [9.17, 15) is 19.8 Å². The molecule has 0 radical (unpaired) electrons. The highest BCUT2D eigenvalue weighted by atomic mass is 16.3. The van der Waals surface area contributed by atoms with E-state index >= 15 is 0 Å². The van der Waals surface area contributed by atoms with Gasteiger partial charge in [0.1, 0.15) is 11.5 Å². The average Bonchev–Trinajstić information content (AvgIpc) is 2.54. The van der Waals surface area contributed by atoms with E-state index in [2.05, 4.69) is 10.5 Å². The van der Waals surface area contributed by atoms with Gasteiger partial charge in [-0.15, -0.1) is 0 Å². The maximum atomic E-state index is 12.0. The summed E-state index contributed by atoms with van der Waals surface area (Å²) in [5.41, 5.74) is 8.67. The Labute approximate surface area is 132 Å². The van der Waals surface area contributed by atoms with Gasteiger partial charge in [0, 0.05) is 16.7 Å². The van der Waals surface area contributed by atoms with E-state index in [0.717, 1.165) is 0 Å². The van der Waals surface area contributed by atoms with E-state index < -0.39 is 11.8 Å². The first kappa shape index (κ1) is 16.0. The summed E-state index contributed by atoms with van der Waals surface area (Å²) in [6, 6.07) is 9.78. The van der Waals surface area contributed by atoms with Crippen LogP contribution in [0.4, 0.5) is 0 Å². The summed E-state index contributed by atoms with van der Waals surface area (Å²) < 4.78 is 0. The Hall–Kier alpha value is -3.35. The van der Waals surface area contributed by atoms with Gasteiger partial charge >= 0.3 is 0 Å². The minimum absolute atomic E-state index is 0.0271. The molecule has 0 unspecified atom stereocenters. The second kappa shape index (κ2) is 6.61. The van der Waals surface area contributed by atoms with Gasteiger partial charge in [0.25, 0.3) is 5.91 Å². The number of rotatable bonds is 4. The van der Waals surface area contributed by atoms with Gasteiger partial charge in [0.2, 0.25) is 5.91 Å². The molecule has 2 rings (SSSR count). The number of phenols is 2. The minimum Gasteiger partial charge on any atom is -0.508 e. The van der Waals surface area contributed by atoms with Crippen LogP contribution in [0.25, 0.3) is 0 Å². The number of nitrogens with zero attached hydrogens (tertiary/aromatic N) is 1. The predicted octanol–water partition coefficient (Wildman–Crippen LogP) is 1.35. The third kappa shape index (κ3) is 3.85. The number of carbonyl (C=O) groups excluding carboxylic acids is 2. The summed E-state index contributed by atoms with van der Waals surface area (Å²) in [6.07, 6.45) is 0. The van der Waals surface area contributed by atoms with Gasteiger partial charge < -0.3 is 15.9 Å². The highest BCUT2D eigenvalue weighted by Gasteiger charge is 2.09. The van der Waals surface area contributed by atoms with E-state index in [1.54, 1.807) is 6.92 Å². The van der Waals surface area contributed by atoms with Crippen molar-refractivity contribution in [1.82, 2.24) is 5.43 Å². The van der Waals surface area contributed by atoms with E-state index in [4.69, 9.17) is 5.73 Å². The first-order valence-corrected chi connectivity index (χ1v) is 6.65. The number of nitrogens with two attached hydrogens (primary N) is 1. The summed E-state index contributed by atoms with van der Waals surface area (Å²) in [7, 11) is 0. The number of hydrogen-bond acceptors (Lipinski definition) is 5. The minimum atomic E-state index is -0.579. The van der Waals surface area contributed by atoms with Gasteiger partial charge in [0.05, 0.1) is 5.71 Å². The third-order valence-corrected chi connectivity index (χ3v) is 3.13. The highest BCUT2D eigenvalue weighted by Crippen LogP contribution is 2.22. The summed E-state index contributed by atoms with van der Waals surface area (Å²) in [5.74, 6) is -1.16. The van der Waals surface area contributed by atoms with E-state index in [1.165, 1.54) is 42.5 Å². The molecular formula is C16H15N3O4. The Morgan fingerprint density at radius 1 is 1.04 bits per heavy atom. The number of nitrogens with one attached hydrogen (secondary N) is 1. The molecule has 7 nitrogen and oxygen atoms in total. The number of hydrazone groups is 1. The topological polar surface area (TPSA) is 125 Å². The second-order valence-electron chi connectivity index (χ2n) is 4.78. The van der Waals surface area contributed by atoms with Gasteiger partial charge in [-0.1, -0.05) is 0 Å². The summed E-state index contributed by atoms with van der Waals surface area (Å²) >= 11 is 0. The monoisotopic (exact) mass is 313 g/mol. The smallest absolute Gasteiger partial charge is 0.271 e. The van der Waals surface area contributed by atoms with Crippen molar-refractivity contribution >= 4 is 17.5 Å². The van der Waals surface area contributed by atoms with Gasteiger partial charge in [-0.3, -0.25) is 9.59 Å². The molecular weight excluding hydrogens is 298 g/mol. The molecule has 0 bridgehead atoms. The molecule has 2 aromatic carbocycles. The highest BCUT2D eigenvalue weighted by molar-refractivity contribution is 6.03. The zero-order chi connectivity index (χ0) is 17.0. The molecule has 0 aliphatic rings. The van der Waals surface area contributed by atoms with Crippen LogP contribution in [0, 0.1) is 0 Å². The zero-order valence-corrected chi connectivity index (χ0v) is 12.3. The molecule has 5 N–H and O–H groups in total. The summed E-state index contributed by atoms with van der Waals surface area (Å²) in [6.45, 7) is 1.57. The van der Waals surface area contributed by atoms with Crippen LogP contribution in [-0.4, -0.2) is 27.7 Å². The first-order valence-electron chi connectivity index (χ1n) is 6.65. The van der Waals surface area contributed by atoms with Crippen molar-refractivity contribution in [3.05, 3.63) is 59.2 Å². The molecule has 7 heteroatoms. The van der Waals surface area contributed by atoms with Crippen LogP contribution < -0.4 is 11.2 Å². The molecule has 0 saturated carbocycles. The Balaban J connectivity index is 2.13. The fourth-order valence-electron chi connectivity index (χ4n) is 1.86. The second-order valence-corrected chi connectivity index (χ2v) is 4.78. The van der Waals surface area contributed by atoms with Crippen LogP contribution >= 0.6 is 0 Å². The summed E-state index contributed by atoms with van der Waals surface area (Å²) in [4.78, 5) is 22.9. The van der Waals surface area contributed by atoms with E-state index in [1.807, 2.05) is 0 Å². The lowest BCUT2D eigenvalue weighted by Gasteiger charge is -2.06. The molecule has 118 valence electrons. The summed E-state index contributed by atoms with van der Waals surface area (Å²) in [5, 5.41) is 23.0. The Morgan fingerprint density at radius 3 is 2.26 bits per heavy atom. The molecule has 0 aliphatic carbocycles. The normalized spacial score (nSPS) is 11.1. The standard InChI is InChI=1S/C16H15N3O4/c1-9(13-8-12(20)6-7-14(13)21)18-19-16(23)11-4-2-10(3-5-11)15(17)22/h2-8,20-21H,1H3,(H2,17,22)(H,19,23)/b18-9+. The number of hydrogen-bond donors (Lipinski definition) is 4. The lowest BCUT2D eigenvalue weighted by Crippen LogP contribution is -2.19. The Kier molecular flexibility index (Phi) is 4.61. The van der Waals surface area contributed by atoms with Gasteiger partial charge in [-0.05, 0) is 49.4 Å². The zero-order valence-electron chi connectivity index (χ0n) is 12.3. The van der Waals surface area contributed by atoms with Crippen LogP contribution in [0.15, 0.2) is 47.6 Å². The van der Waals surface area contributed by atoms with Crippen molar-refractivity contribution in [3.8, 4) is 11.5 Å². The molecule has 0 fully saturated rings. The molecule has 23 heavy (non-hydrogen) atoms. The van der Waals surface area contributed by atoms with Crippen LogP contribution in [0.3, 0.4) is 0 Å². The fourth-order valence-corrected chi connectivity index (χ4v) is 1.86. The number of aromatic hydroxyl groups is 2. The molecule has 0 spiro atoms. The van der Waals surface area contributed by atoms with Crippen molar-refractivity contribution in [3.63, 3.8) is 0 Å². The molecule has 2 aromatic rings. The number of primary amides is 1. The number of carbonyl (C=O) groups is 2. The molecule has 0 atom stereocenters. The largest absolute Gasteiger partial charge is 0.508 e. The Morgan fingerprint density at radius 2 is 1.65 bits per heavy atom. The number of benzene rings is 2. The van der Waals surface area contributed by atoms with Crippen molar-refractivity contribution in [1.29, 1.82) is 0 Å². The van der Waals surface area contributed by atoms with Crippen LogP contribution in [-0.2, 0) is 0 Å². The lowest BCUT2D eigenvalue weighted by molar-refractivity contribution is 0.0952. The number of phenolic OH excluding ortho intramolecular Hbond substituents is 2. The number of amides is 2. The van der Waals surface area contributed by atoms with E-state index in [0.29, 0.717) is 22.4 Å². The van der Waals surface area contributed by atoms with Crippen molar-refractivity contribution in [2.24, 2.45) is 10.8 Å². The molecule has 0 heterocycles. The quantitative estimate of drug-likeness (QED) is 0.386. The predicted molar refractivity (Wildman–Crippen MR) is 84.4 cm³/mol. The third-order valence-electron chi connectivity index (χ3n) is 3.13. The molecule has 2 amide bonds. The van der Waals surface area contributed by atoms with Gasteiger partial charge in [0.15, 0.2) is 0 Å². The SMILES string of the molecule is C/C(=N\NC(=O)c1ccc(C(N)=O)cc1)c1cc(O)ccc1O. The molecule has 0 saturated heterocycles. The van der Waals surface area contributed by atoms with E-state index in [-0.39, 0.29) is 11.5 Å². The fraction of sp³-hybridized carbons (Fsp3) is 0.0625. The van der Waals surface area contributed by atoms with Crippen molar-refractivity contribution in [2.75, 3.05) is 0 Å². The molecule has 0 aliphatic heterocycles. The van der Waals surface area contributed by atoms with Crippen LogP contribution in [0.2, 0.25) is 0 Å². The lowest BCUT2D eigenvalue weighted by atomic mass is 10.1. The van der Waals surface area contributed by atoms with Crippen molar-refractivity contribution < 1.29 is 19.8 Å². The van der Waals surface area contributed by atoms with Gasteiger partial charge in [-0.25, -0.2) is 5.43 Å². The maximum absolute atomic E-state index is 12.0. The van der Waals surface area contributed by atoms with Crippen LogP contribution in [0.1, 0.15) is 33.2 Å². The molecule has 0 aromatic heterocycles. The van der Waals surface area contributed by atoms with Crippen LogP contribution in [0.5, 0.6) is 11.5 Å². The maximum Gasteiger partial charge on any atom is 0.271 e. The average molecular weight is 313 g/mol. The Bertz CT molecular complexity index is 782. The first-order chi connectivity index (χ1) is 10.9.